The van der Waals surface area contributed by atoms with E-state index in [1.165, 1.54) is 17.5 Å². The van der Waals surface area contributed by atoms with E-state index in [9.17, 15) is 6.40 Å². The molecule has 0 amide bonds. The first-order valence-electron chi connectivity index (χ1n) is 1.84. The molecule has 9 heavy (non-hydrogen) atoms. The quantitative estimate of drug-likeness (QED) is 0.480. The fraction of sp³-hybridized carbons (Fsp3) is 0. The van der Waals surface area contributed by atoms with Crippen LogP contribution >= 0.6 is 11.3 Å². The minimum absolute atomic E-state index is 0. The first-order valence-corrected chi connectivity index (χ1v) is 6.08. The van der Waals surface area contributed by atoms with Crippen LogP contribution < -0.4 is 35.9 Å². The van der Waals surface area contributed by atoms with Gasteiger partial charge in [0, 0.05) is 0 Å². The molecule has 43 valence electrons. The molecule has 1 rings (SSSR count). The van der Waals surface area contributed by atoms with Crippen molar-refractivity contribution in [3.63, 3.8) is 0 Å². The zero-order valence-electron chi connectivity index (χ0n) is 4.77. The first-order chi connectivity index (χ1) is 3.80. The van der Waals surface area contributed by atoms with Crippen molar-refractivity contribution in [2.75, 3.05) is 0 Å². The Kier molecular flexibility index (Phi) is 5.60. The van der Waals surface area contributed by atoms with Crippen LogP contribution in [0, 0.1) is 0 Å². The summed E-state index contributed by atoms with van der Waals surface area (Å²) in [5.74, 6) is 0. The molecular formula is C3H2NNaO2SSb. The summed E-state index contributed by atoms with van der Waals surface area (Å²) in [7, 11) is 0. The van der Waals surface area contributed by atoms with Crippen LogP contribution in [0.3, 0.4) is 0 Å². The van der Waals surface area contributed by atoms with Gasteiger partial charge in [-0.25, -0.2) is 0 Å². The number of aromatic nitrogens is 1. The summed E-state index contributed by atoms with van der Waals surface area (Å²) >= 11 is -2.27. The van der Waals surface area contributed by atoms with Crippen molar-refractivity contribution in [3.05, 3.63) is 11.6 Å². The second kappa shape index (κ2) is 4.94. The summed E-state index contributed by atoms with van der Waals surface area (Å²) < 4.78 is 20.6. The van der Waals surface area contributed by atoms with E-state index >= 15 is 0 Å². The molecule has 0 saturated heterocycles. The van der Waals surface area contributed by atoms with Crippen LogP contribution in [-0.2, 0) is 3.02 Å². The number of rotatable bonds is 1. The van der Waals surface area contributed by atoms with Crippen molar-refractivity contribution in [2.45, 2.75) is 0 Å². The van der Waals surface area contributed by atoms with Crippen LogP contribution in [-0.4, -0.2) is 25.6 Å². The Morgan fingerprint density at radius 3 is 2.67 bits per heavy atom. The molecule has 0 fully saturated rings. The normalized spacial score (nSPS) is 8.11. The van der Waals surface area contributed by atoms with E-state index in [1.54, 1.807) is 5.38 Å². The molecule has 0 aliphatic carbocycles. The number of hydrogen-bond acceptors (Lipinski definition) is 4. The molecule has 0 aromatic carbocycles. The van der Waals surface area contributed by atoms with E-state index in [4.69, 9.17) is 0 Å². The van der Waals surface area contributed by atoms with E-state index in [2.05, 4.69) is 4.98 Å². The predicted molar refractivity (Wildman–Crippen MR) is 28.2 cm³/mol. The molecule has 0 atom stereocenters. The van der Waals surface area contributed by atoms with Gasteiger partial charge in [0.2, 0.25) is 0 Å². The zero-order valence-corrected chi connectivity index (χ0v) is 10.1. The van der Waals surface area contributed by atoms with Gasteiger partial charge in [-0.1, -0.05) is 0 Å². The van der Waals surface area contributed by atoms with Gasteiger partial charge in [-0.3, -0.25) is 0 Å². The van der Waals surface area contributed by atoms with Gasteiger partial charge >= 0.3 is 87.4 Å². The second-order valence-corrected chi connectivity index (χ2v) is 5.55. The molecule has 0 aliphatic heterocycles. The Morgan fingerprint density at radius 1 is 1.78 bits per heavy atom. The van der Waals surface area contributed by atoms with Gasteiger partial charge in [-0.2, -0.15) is 0 Å². The van der Waals surface area contributed by atoms with Crippen molar-refractivity contribution in [3.8, 4) is 0 Å². The molecule has 1 radical (unpaired) electrons. The van der Waals surface area contributed by atoms with Gasteiger partial charge in [-0.15, -0.1) is 0 Å². The van der Waals surface area contributed by atoms with Crippen LogP contribution in [0.25, 0.3) is 0 Å². The number of thiazole rings is 1. The van der Waals surface area contributed by atoms with Crippen molar-refractivity contribution in [1.82, 2.24) is 4.98 Å². The minimum atomic E-state index is -3.45. The van der Waals surface area contributed by atoms with E-state index in [1.807, 2.05) is 0 Å². The molecular weight excluding hydrogens is 259 g/mol. The zero-order chi connectivity index (χ0) is 5.98. The van der Waals surface area contributed by atoms with Crippen molar-refractivity contribution in [1.29, 1.82) is 0 Å². The third-order valence-electron chi connectivity index (χ3n) is 0.575. The van der Waals surface area contributed by atoms with Crippen molar-refractivity contribution in [2.24, 2.45) is 0 Å². The molecule has 0 saturated carbocycles. The van der Waals surface area contributed by atoms with Gasteiger partial charge in [0.05, 0.1) is 0 Å². The standard InChI is InChI=1S/C3H2NS.Na.2O.Sb/c1-2-5-3-4-1;;;;/h1-2H;;;;/q;+1;;-1;. The van der Waals surface area contributed by atoms with Gasteiger partial charge in [0.1, 0.15) is 0 Å². The van der Waals surface area contributed by atoms with Crippen LogP contribution in [0.1, 0.15) is 0 Å². The Bertz CT molecular complexity index is 190. The van der Waals surface area contributed by atoms with Gasteiger partial charge in [0.25, 0.3) is 0 Å². The van der Waals surface area contributed by atoms with Crippen LogP contribution in [0.15, 0.2) is 11.6 Å². The van der Waals surface area contributed by atoms with Crippen molar-refractivity contribution < 1.29 is 36.0 Å². The summed E-state index contributed by atoms with van der Waals surface area (Å²) in [5.41, 5.74) is 0. The topological polar surface area (TPSA) is 53.0 Å². The monoisotopic (exact) mass is 260 g/mol. The average molecular weight is 261 g/mol. The molecule has 0 N–H and O–H groups in total. The average Bonchev–Trinajstić information content (AvgIpc) is 2.12. The Balaban J connectivity index is 0.000000640. The summed E-state index contributed by atoms with van der Waals surface area (Å²) in [6.07, 6.45) is 1.49. The number of hydrogen-bond donors (Lipinski definition) is 0. The molecule has 0 unspecified atom stereocenters. The van der Waals surface area contributed by atoms with E-state index in [0.717, 1.165) is 0 Å². The van der Waals surface area contributed by atoms with Gasteiger partial charge < -0.3 is 0 Å². The van der Waals surface area contributed by atoms with E-state index < -0.39 is 20.6 Å². The third-order valence-corrected chi connectivity index (χ3v) is 4.27. The van der Waals surface area contributed by atoms with Crippen LogP contribution in [0.5, 0.6) is 0 Å². The Labute approximate surface area is 86.3 Å². The molecule has 6 heteroatoms. The maximum atomic E-state index is 10.2. The van der Waals surface area contributed by atoms with Gasteiger partial charge in [0.15, 0.2) is 0 Å². The fourth-order valence-electron chi connectivity index (χ4n) is 0.306. The Hall–Kier alpha value is 1.21. The molecule has 1 heterocycles. The summed E-state index contributed by atoms with van der Waals surface area (Å²) in [4.78, 5) is 3.59. The SMILES string of the molecule is [Na+].[O]=[Sb]([O-])[c]1nccs1. The predicted octanol–water partition coefficient (Wildman–Crippen LogP) is -4.37. The summed E-state index contributed by atoms with van der Waals surface area (Å²) in [5, 5.41) is 1.66. The molecule has 0 spiro atoms. The fourth-order valence-corrected chi connectivity index (χ4v) is 2.47. The molecule has 0 bridgehead atoms. The second-order valence-electron chi connectivity index (χ2n) is 1.07. The van der Waals surface area contributed by atoms with E-state index in [0.29, 0.717) is 2.95 Å². The summed E-state index contributed by atoms with van der Waals surface area (Å²) in [6, 6.07) is 0. The first kappa shape index (κ1) is 10.2. The summed E-state index contributed by atoms with van der Waals surface area (Å²) in [6.45, 7) is 0. The van der Waals surface area contributed by atoms with Gasteiger partial charge in [-0.05, 0) is 0 Å². The van der Waals surface area contributed by atoms with E-state index in [-0.39, 0.29) is 29.6 Å². The van der Waals surface area contributed by atoms with Crippen LogP contribution in [0.2, 0.25) is 0 Å². The molecule has 1 aromatic rings. The third kappa shape index (κ3) is 3.21. The Morgan fingerprint density at radius 2 is 2.44 bits per heavy atom. The van der Waals surface area contributed by atoms with Crippen LogP contribution in [0.4, 0.5) is 0 Å². The maximum absolute atomic E-state index is 10.2. The molecule has 3 nitrogen and oxygen atoms in total. The number of nitrogens with zero attached hydrogens (tertiary/aromatic N) is 1. The van der Waals surface area contributed by atoms with Crippen molar-refractivity contribution >= 4 is 34.9 Å². The molecule has 0 aliphatic rings. The molecule has 1 aromatic heterocycles.